The third-order valence-electron chi connectivity index (χ3n) is 6.19. The molecule has 0 saturated carbocycles. The SMILES string of the molecule is C=C1c2c(cccc2C(C)(C)C(C)(C)C)-c2ccc(C)cc2N1/C=C\C.CC. The van der Waals surface area contributed by atoms with Gasteiger partial charge < -0.3 is 4.90 Å². The molecule has 0 unspecified atom stereocenters. The zero-order chi connectivity index (χ0) is 21.3. The van der Waals surface area contributed by atoms with E-state index < -0.39 is 0 Å². The number of hydrogen-bond acceptors (Lipinski definition) is 1. The highest BCUT2D eigenvalue weighted by Gasteiger charge is 2.38. The van der Waals surface area contributed by atoms with Gasteiger partial charge in [0.1, 0.15) is 0 Å². The van der Waals surface area contributed by atoms with Crippen molar-refractivity contribution in [2.45, 2.75) is 67.7 Å². The second kappa shape index (κ2) is 7.99. The first-order chi connectivity index (χ1) is 13.1. The summed E-state index contributed by atoms with van der Waals surface area (Å²) < 4.78 is 0. The van der Waals surface area contributed by atoms with Crippen molar-refractivity contribution in [2.75, 3.05) is 4.90 Å². The lowest BCUT2D eigenvalue weighted by atomic mass is 9.63. The highest BCUT2D eigenvalue weighted by molar-refractivity contribution is 6.00. The summed E-state index contributed by atoms with van der Waals surface area (Å²) in [6.07, 6.45) is 4.21. The highest BCUT2D eigenvalue weighted by atomic mass is 15.1. The van der Waals surface area contributed by atoms with E-state index >= 15 is 0 Å². The number of anilines is 1. The Morgan fingerprint density at radius 2 is 1.57 bits per heavy atom. The van der Waals surface area contributed by atoms with E-state index in [1.807, 2.05) is 13.8 Å². The summed E-state index contributed by atoms with van der Waals surface area (Å²) in [5.41, 5.74) is 8.92. The van der Waals surface area contributed by atoms with E-state index in [0.29, 0.717) is 0 Å². The maximum absolute atomic E-state index is 4.52. The summed E-state index contributed by atoms with van der Waals surface area (Å²) in [5.74, 6) is 0. The fourth-order valence-electron chi connectivity index (χ4n) is 3.67. The molecule has 1 heteroatoms. The van der Waals surface area contributed by atoms with Crippen LogP contribution in [0, 0.1) is 12.3 Å². The molecular weight excluding hydrogens is 338 g/mol. The third-order valence-corrected chi connectivity index (χ3v) is 6.19. The Labute approximate surface area is 172 Å². The molecule has 0 fully saturated rings. The lowest BCUT2D eigenvalue weighted by Gasteiger charge is -2.43. The van der Waals surface area contributed by atoms with Gasteiger partial charge in [0, 0.05) is 23.0 Å². The molecular formula is C27H37N. The fourth-order valence-corrected chi connectivity index (χ4v) is 3.67. The Morgan fingerprint density at radius 3 is 2.14 bits per heavy atom. The Balaban J connectivity index is 0.00000136. The highest BCUT2D eigenvalue weighted by Crippen LogP contribution is 2.50. The number of fused-ring (bicyclic) bond motifs is 3. The van der Waals surface area contributed by atoms with Crippen molar-refractivity contribution < 1.29 is 0 Å². The average Bonchev–Trinajstić information content (AvgIpc) is 2.65. The Hall–Kier alpha value is -2.28. The minimum absolute atomic E-state index is 0.0189. The van der Waals surface area contributed by atoms with Crippen LogP contribution in [0.3, 0.4) is 0 Å². The maximum Gasteiger partial charge on any atom is 0.0536 e. The first-order valence-electron chi connectivity index (χ1n) is 10.5. The largest absolute Gasteiger partial charge is 0.317 e. The molecule has 0 atom stereocenters. The molecule has 1 nitrogen and oxygen atoms in total. The molecule has 0 saturated heterocycles. The second-order valence-corrected chi connectivity index (χ2v) is 8.92. The molecule has 0 aliphatic carbocycles. The molecule has 0 bridgehead atoms. The van der Waals surface area contributed by atoms with Gasteiger partial charge in [-0.3, -0.25) is 0 Å². The van der Waals surface area contributed by atoms with Crippen LogP contribution in [0.25, 0.3) is 16.8 Å². The third kappa shape index (κ3) is 3.55. The molecule has 1 heterocycles. The smallest absolute Gasteiger partial charge is 0.0536 e. The van der Waals surface area contributed by atoms with Crippen LogP contribution in [0.4, 0.5) is 5.69 Å². The monoisotopic (exact) mass is 375 g/mol. The van der Waals surface area contributed by atoms with Gasteiger partial charge >= 0.3 is 0 Å². The summed E-state index contributed by atoms with van der Waals surface area (Å²) >= 11 is 0. The Bertz CT molecular complexity index is 891. The quantitative estimate of drug-likeness (QED) is 0.510. The van der Waals surface area contributed by atoms with Gasteiger partial charge in [-0.25, -0.2) is 0 Å². The first-order valence-corrected chi connectivity index (χ1v) is 10.5. The molecule has 3 rings (SSSR count). The standard InChI is InChI=1S/C25H31N.C2H6/c1-9-15-26-18(3)23-20(19-14-13-17(2)16-22(19)26)11-10-12-21(23)25(7,8)24(4,5)6;1-2/h9-16H,3H2,1-2,4-8H3;1-2H3/b15-9-;. The number of aryl methyl sites for hydroxylation is 1. The molecule has 0 aromatic heterocycles. The molecule has 150 valence electrons. The van der Waals surface area contributed by atoms with E-state index in [0.717, 1.165) is 5.70 Å². The summed E-state index contributed by atoms with van der Waals surface area (Å²) in [4.78, 5) is 2.24. The van der Waals surface area contributed by atoms with E-state index in [1.165, 1.54) is 33.5 Å². The van der Waals surface area contributed by atoms with Crippen molar-refractivity contribution in [1.29, 1.82) is 0 Å². The topological polar surface area (TPSA) is 3.24 Å². The number of hydrogen-bond donors (Lipinski definition) is 0. The van der Waals surface area contributed by atoms with Gasteiger partial charge in [0.05, 0.1) is 5.69 Å². The van der Waals surface area contributed by atoms with Crippen molar-refractivity contribution in [3.63, 3.8) is 0 Å². The van der Waals surface area contributed by atoms with Gasteiger partial charge in [-0.2, -0.15) is 0 Å². The van der Waals surface area contributed by atoms with Crippen LogP contribution in [-0.4, -0.2) is 0 Å². The predicted octanol–water partition coefficient (Wildman–Crippen LogP) is 8.34. The van der Waals surface area contributed by atoms with E-state index in [4.69, 9.17) is 0 Å². The number of nitrogens with zero attached hydrogens (tertiary/aromatic N) is 1. The van der Waals surface area contributed by atoms with Crippen LogP contribution >= 0.6 is 0 Å². The minimum Gasteiger partial charge on any atom is -0.317 e. The molecule has 2 aromatic rings. The van der Waals surface area contributed by atoms with E-state index in [9.17, 15) is 0 Å². The normalized spacial score (nSPS) is 13.8. The Kier molecular flexibility index (Phi) is 6.28. The van der Waals surface area contributed by atoms with Crippen LogP contribution in [0.15, 0.2) is 55.3 Å². The van der Waals surface area contributed by atoms with Crippen molar-refractivity contribution in [3.8, 4) is 11.1 Å². The van der Waals surface area contributed by atoms with Crippen molar-refractivity contribution >= 4 is 11.4 Å². The zero-order valence-electron chi connectivity index (χ0n) is 19.3. The zero-order valence-corrected chi connectivity index (χ0v) is 19.3. The molecule has 28 heavy (non-hydrogen) atoms. The van der Waals surface area contributed by atoms with Crippen LogP contribution in [0.2, 0.25) is 0 Å². The molecule has 1 aliphatic heterocycles. The molecule has 2 aromatic carbocycles. The molecule has 0 radical (unpaired) electrons. The van der Waals surface area contributed by atoms with E-state index in [-0.39, 0.29) is 10.8 Å². The van der Waals surface area contributed by atoms with Gasteiger partial charge in [-0.1, -0.05) is 91.5 Å². The molecule has 0 N–H and O–H groups in total. The first kappa shape index (κ1) is 22.0. The minimum atomic E-state index is 0.0189. The van der Waals surface area contributed by atoms with E-state index in [1.54, 1.807) is 0 Å². The number of allylic oxidation sites excluding steroid dienone is 1. The van der Waals surface area contributed by atoms with Crippen molar-refractivity contribution in [1.82, 2.24) is 0 Å². The van der Waals surface area contributed by atoms with E-state index in [2.05, 4.69) is 109 Å². The second-order valence-electron chi connectivity index (χ2n) is 8.92. The number of rotatable bonds is 2. The Morgan fingerprint density at radius 1 is 0.929 bits per heavy atom. The summed E-state index contributed by atoms with van der Waals surface area (Å²) in [7, 11) is 0. The molecule has 1 aliphatic rings. The van der Waals surface area contributed by atoms with Gasteiger partial charge in [0.25, 0.3) is 0 Å². The van der Waals surface area contributed by atoms with Crippen LogP contribution in [0.5, 0.6) is 0 Å². The van der Waals surface area contributed by atoms with Crippen LogP contribution in [0.1, 0.15) is 72.1 Å². The lowest BCUT2D eigenvalue weighted by Crippen LogP contribution is -2.36. The summed E-state index contributed by atoms with van der Waals surface area (Å²) in [6.45, 7) is 24.4. The van der Waals surface area contributed by atoms with Crippen LogP contribution < -0.4 is 4.90 Å². The fraction of sp³-hybridized carbons (Fsp3) is 0.407. The van der Waals surface area contributed by atoms with Gasteiger partial charge in [-0.15, -0.1) is 0 Å². The summed E-state index contributed by atoms with van der Waals surface area (Å²) in [5, 5.41) is 0. The number of benzene rings is 2. The van der Waals surface area contributed by atoms with Crippen LogP contribution in [-0.2, 0) is 5.41 Å². The van der Waals surface area contributed by atoms with Gasteiger partial charge in [-0.05, 0) is 47.4 Å². The molecule has 0 spiro atoms. The predicted molar refractivity (Wildman–Crippen MR) is 127 cm³/mol. The van der Waals surface area contributed by atoms with Crippen molar-refractivity contribution in [3.05, 3.63) is 71.9 Å². The van der Waals surface area contributed by atoms with Gasteiger partial charge in [0.15, 0.2) is 0 Å². The maximum atomic E-state index is 4.52. The summed E-state index contributed by atoms with van der Waals surface area (Å²) in [6, 6.07) is 13.4. The average molecular weight is 376 g/mol. The lowest BCUT2D eigenvalue weighted by molar-refractivity contribution is 0.225. The van der Waals surface area contributed by atoms with Crippen molar-refractivity contribution in [2.24, 2.45) is 5.41 Å². The van der Waals surface area contributed by atoms with Gasteiger partial charge in [0.2, 0.25) is 0 Å². The molecule has 0 amide bonds.